The molecule has 2 rings (SSSR count). The molecule has 1 atom stereocenters. The van der Waals surface area contributed by atoms with Crippen LogP contribution in [0.25, 0.3) is 0 Å². The molecule has 4 heteroatoms. The van der Waals surface area contributed by atoms with Crippen LogP contribution >= 0.6 is 0 Å². The van der Waals surface area contributed by atoms with Crippen LogP contribution in [0.15, 0.2) is 18.2 Å². The number of anilines is 1. The highest BCUT2D eigenvalue weighted by Gasteiger charge is 2.22. The van der Waals surface area contributed by atoms with Crippen LogP contribution in [0.5, 0.6) is 0 Å². The average molecular weight is 251 g/mol. The van der Waals surface area contributed by atoms with Crippen LogP contribution in [0.4, 0.5) is 10.1 Å². The van der Waals surface area contributed by atoms with Gasteiger partial charge < -0.3 is 10.0 Å². The fraction of sp³-hybridized carbons (Fsp3) is 0.500. The maximum Gasteiger partial charge on any atom is 0.338 e. The zero-order chi connectivity index (χ0) is 13.1. The van der Waals surface area contributed by atoms with E-state index in [0.29, 0.717) is 6.04 Å². The van der Waals surface area contributed by atoms with Crippen LogP contribution in [-0.2, 0) is 0 Å². The Morgan fingerprint density at radius 2 is 2.28 bits per heavy atom. The molecule has 3 nitrogen and oxygen atoms in total. The molecule has 1 aliphatic rings. The van der Waals surface area contributed by atoms with Gasteiger partial charge in [0.25, 0.3) is 0 Å². The molecule has 0 aliphatic carbocycles. The zero-order valence-electron chi connectivity index (χ0n) is 10.5. The van der Waals surface area contributed by atoms with Gasteiger partial charge in [0.1, 0.15) is 5.82 Å². The van der Waals surface area contributed by atoms with Crippen molar-refractivity contribution in [2.24, 2.45) is 0 Å². The lowest BCUT2D eigenvalue weighted by molar-refractivity contribution is 0.0692. The van der Waals surface area contributed by atoms with E-state index >= 15 is 0 Å². The third-order valence-corrected chi connectivity index (χ3v) is 3.61. The van der Waals surface area contributed by atoms with Crippen molar-refractivity contribution in [2.45, 2.75) is 38.6 Å². The van der Waals surface area contributed by atoms with Crippen molar-refractivity contribution >= 4 is 11.7 Å². The van der Waals surface area contributed by atoms with E-state index in [2.05, 4.69) is 11.8 Å². The van der Waals surface area contributed by atoms with Gasteiger partial charge in [-0.15, -0.1) is 0 Å². The lowest BCUT2D eigenvalue weighted by Gasteiger charge is -2.37. The summed E-state index contributed by atoms with van der Waals surface area (Å²) in [5.41, 5.74) is 0.535. The normalized spacial score (nSPS) is 19.9. The second-order valence-electron chi connectivity index (χ2n) is 4.72. The molecule has 1 aromatic rings. The summed E-state index contributed by atoms with van der Waals surface area (Å²) in [6.45, 7) is 3.05. The van der Waals surface area contributed by atoms with Gasteiger partial charge in [-0.25, -0.2) is 9.18 Å². The molecule has 1 saturated heterocycles. The van der Waals surface area contributed by atoms with Gasteiger partial charge in [-0.3, -0.25) is 0 Å². The Balaban J connectivity index is 2.27. The topological polar surface area (TPSA) is 40.5 Å². The van der Waals surface area contributed by atoms with Gasteiger partial charge in [0.15, 0.2) is 0 Å². The third kappa shape index (κ3) is 2.47. The first-order valence-electron chi connectivity index (χ1n) is 6.43. The van der Waals surface area contributed by atoms with Gasteiger partial charge in [0.2, 0.25) is 0 Å². The van der Waals surface area contributed by atoms with E-state index in [4.69, 9.17) is 5.11 Å². The number of hydrogen-bond donors (Lipinski definition) is 1. The summed E-state index contributed by atoms with van der Waals surface area (Å²) in [6.07, 6.45) is 4.48. The zero-order valence-corrected chi connectivity index (χ0v) is 10.5. The molecule has 1 fully saturated rings. The molecule has 0 amide bonds. The molecule has 1 N–H and O–H groups in total. The lowest BCUT2D eigenvalue weighted by Crippen LogP contribution is -2.39. The fourth-order valence-electron chi connectivity index (χ4n) is 2.62. The van der Waals surface area contributed by atoms with Crippen molar-refractivity contribution in [3.8, 4) is 0 Å². The van der Waals surface area contributed by atoms with Crippen molar-refractivity contribution in [1.29, 1.82) is 0 Å². The van der Waals surface area contributed by atoms with E-state index in [-0.39, 0.29) is 5.56 Å². The van der Waals surface area contributed by atoms with Gasteiger partial charge >= 0.3 is 5.97 Å². The van der Waals surface area contributed by atoms with E-state index in [9.17, 15) is 9.18 Å². The summed E-state index contributed by atoms with van der Waals surface area (Å²) in [4.78, 5) is 13.0. The molecular weight excluding hydrogens is 233 g/mol. The summed E-state index contributed by atoms with van der Waals surface area (Å²) in [6, 6.07) is 4.85. The molecule has 1 heterocycles. The fourth-order valence-corrected chi connectivity index (χ4v) is 2.62. The van der Waals surface area contributed by atoms with E-state index in [1.54, 1.807) is 6.07 Å². The van der Waals surface area contributed by atoms with E-state index < -0.39 is 11.8 Å². The highest BCUT2D eigenvalue weighted by atomic mass is 19.1. The molecule has 0 saturated carbocycles. The van der Waals surface area contributed by atoms with Crippen LogP contribution in [0.2, 0.25) is 0 Å². The minimum Gasteiger partial charge on any atom is -0.478 e. The van der Waals surface area contributed by atoms with Crippen LogP contribution < -0.4 is 4.90 Å². The van der Waals surface area contributed by atoms with Crippen LogP contribution in [0.3, 0.4) is 0 Å². The number of aromatic carboxylic acids is 1. The molecule has 0 spiro atoms. The molecule has 0 radical (unpaired) electrons. The number of nitrogens with zero attached hydrogens (tertiary/aromatic N) is 1. The highest BCUT2D eigenvalue weighted by molar-refractivity contribution is 5.88. The molecule has 98 valence electrons. The second-order valence-corrected chi connectivity index (χ2v) is 4.72. The van der Waals surface area contributed by atoms with Gasteiger partial charge in [0.05, 0.1) is 5.56 Å². The largest absolute Gasteiger partial charge is 0.478 e. The van der Waals surface area contributed by atoms with Crippen molar-refractivity contribution in [1.82, 2.24) is 0 Å². The first kappa shape index (κ1) is 12.9. The number of carboxylic acid groups (broad SMARTS) is 1. The van der Waals surface area contributed by atoms with E-state index in [1.807, 2.05) is 0 Å². The van der Waals surface area contributed by atoms with Crippen molar-refractivity contribution in [3.63, 3.8) is 0 Å². The van der Waals surface area contributed by atoms with Gasteiger partial charge in [-0.05, 0) is 43.9 Å². The summed E-state index contributed by atoms with van der Waals surface area (Å²) >= 11 is 0. The SMILES string of the molecule is CCC1CCCCN1c1ccc(C(=O)O)c(F)c1. The molecular formula is C14H18FNO2. The first-order valence-corrected chi connectivity index (χ1v) is 6.43. The minimum atomic E-state index is -1.22. The number of benzene rings is 1. The Morgan fingerprint density at radius 1 is 1.50 bits per heavy atom. The molecule has 0 bridgehead atoms. The predicted octanol–water partition coefficient (Wildman–Crippen LogP) is 3.29. The molecule has 0 aromatic heterocycles. The van der Waals surface area contributed by atoms with Gasteiger partial charge in [-0.2, -0.15) is 0 Å². The number of rotatable bonds is 3. The Morgan fingerprint density at radius 3 is 2.89 bits per heavy atom. The molecule has 1 unspecified atom stereocenters. The molecule has 1 aliphatic heterocycles. The summed E-state index contributed by atoms with van der Waals surface area (Å²) in [5.74, 6) is -1.87. The third-order valence-electron chi connectivity index (χ3n) is 3.61. The highest BCUT2D eigenvalue weighted by Crippen LogP contribution is 2.27. The van der Waals surface area contributed by atoms with Gasteiger partial charge in [-0.1, -0.05) is 6.92 Å². The number of piperidine rings is 1. The average Bonchev–Trinajstić information content (AvgIpc) is 2.38. The standard InChI is InChI=1S/C14H18FNO2/c1-2-10-5-3-4-8-16(10)11-6-7-12(14(17)18)13(15)9-11/h6-7,9-10H,2-5,8H2,1H3,(H,17,18). The number of carbonyl (C=O) groups is 1. The maximum absolute atomic E-state index is 13.7. The Labute approximate surface area is 106 Å². The van der Waals surface area contributed by atoms with Crippen molar-refractivity contribution in [2.75, 3.05) is 11.4 Å². The smallest absolute Gasteiger partial charge is 0.338 e. The summed E-state index contributed by atoms with van der Waals surface area (Å²) < 4.78 is 13.7. The summed E-state index contributed by atoms with van der Waals surface area (Å²) in [7, 11) is 0. The first-order chi connectivity index (χ1) is 8.63. The predicted molar refractivity (Wildman–Crippen MR) is 68.6 cm³/mol. The Bertz CT molecular complexity index is 447. The Hall–Kier alpha value is -1.58. The quantitative estimate of drug-likeness (QED) is 0.896. The summed E-state index contributed by atoms with van der Waals surface area (Å²) in [5, 5.41) is 8.81. The van der Waals surface area contributed by atoms with Crippen molar-refractivity contribution < 1.29 is 14.3 Å². The second kappa shape index (κ2) is 5.38. The number of hydrogen-bond acceptors (Lipinski definition) is 2. The van der Waals surface area contributed by atoms with Crippen LogP contribution in [0, 0.1) is 5.82 Å². The number of halogens is 1. The van der Waals surface area contributed by atoms with E-state index in [0.717, 1.165) is 31.5 Å². The monoisotopic (exact) mass is 251 g/mol. The molecule has 18 heavy (non-hydrogen) atoms. The number of carboxylic acids is 1. The lowest BCUT2D eigenvalue weighted by atomic mass is 9.99. The van der Waals surface area contributed by atoms with Crippen molar-refractivity contribution in [3.05, 3.63) is 29.6 Å². The maximum atomic E-state index is 13.7. The molecule has 1 aromatic carbocycles. The minimum absolute atomic E-state index is 0.260. The van der Waals surface area contributed by atoms with Gasteiger partial charge in [0, 0.05) is 18.3 Å². The Kier molecular flexibility index (Phi) is 3.84. The van der Waals surface area contributed by atoms with Crippen LogP contribution in [0.1, 0.15) is 43.0 Å². The van der Waals surface area contributed by atoms with E-state index in [1.165, 1.54) is 18.6 Å². The van der Waals surface area contributed by atoms with Crippen LogP contribution in [-0.4, -0.2) is 23.7 Å².